The Hall–Kier alpha value is -2.40. The number of fused-ring (bicyclic) bond motifs is 1. The normalized spacial score (nSPS) is 13.6. The molecule has 3 rings (SSSR count). The molecule has 0 N–H and O–H groups in total. The lowest BCUT2D eigenvalue weighted by Gasteiger charge is -2.29. The van der Waals surface area contributed by atoms with E-state index in [9.17, 15) is 14.0 Å². The van der Waals surface area contributed by atoms with Gasteiger partial charge in [-0.2, -0.15) is 0 Å². The Morgan fingerprint density at radius 2 is 2.08 bits per heavy atom. The number of hydrogen-bond donors (Lipinski definition) is 0. The zero-order valence-electron chi connectivity index (χ0n) is 13.0. The molecular formula is C18H15ClFNO3. The summed E-state index contributed by atoms with van der Waals surface area (Å²) in [6.07, 6.45) is 0.628. The second-order valence-electron chi connectivity index (χ2n) is 5.39. The quantitative estimate of drug-likeness (QED) is 0.792. The first kappa shape index (κ1) is 16.5. The number of halogens is 2. The van der Waals surface area contributed by atoms with Gasteiger partial charge in [-0.25, -0.2) is 9.18 Å². The monoisotopic (exact) mass is 347 g/mol. The van der Waals surface area contributed by atoms with Crippen LogP contribution in [0.2, 0.25) is 5.02 Å². The minimum Gasteiger partial charge on any atom is -0.462 e. The van der Waals surface area contributed by atoms with Crippen LogP contribution in [0.3, 0.4) is 0 Å². The van der Waals surface area contributed by atoms with E-state index in [2.05, 4.69) is 0 Å². The number of nitrogens with zero attached hydrogens (tertiary/aromatic N) is 1. The Balaban J connectivity index is 1.90. The molecular weight excluding hydrogens is 333 g/mol. The lowest BCUT2D eigenvalue weighted by molar-refractivity contribution is 0.0521. The van der Waals surface area contributed by atoms with Gasteiger partial charge in [-0.15, -0.1) is 0 Å². The Morgan fingerprint density at radius 3 is 2.79 bits per heavy atom. The van der Waals surface area contributed by atoms with Crippen LogP contribution < -0.4 is 4.90 Å². The maximum Gasteiger partial charge on any atom is 0.341 e. The van der Waals surface area contributed by atoms with Crippen LogP contribution in [-0.4, -0.2) is 25.0 Å². The van der Waals surface area contributed by atoms with Crippen LogP contribution in [0, 0.1) is 5.82 Å². The minimum absolute atomic E-state index is 0.141. The first-order chi connectivity index (χ1) is 11.5. The Kier molecular flexibility index (Phi) is 4.53. The van der Waals surface area contributed by atoms with Crippen molar-refractivity contribution in [1.82, 2.24) is 0 Å². The molecule has 6 heteroatoms. The minimum atomic E-state index is -0.716. The van der Waals surface area contributed by atoms with Crippen LogP contribution >= 0.6 is 11.6 Å². The first-order valence-electron chi connectivity index (χ1n) is 7.58. The van der Waals surface area contributed by atoms with Gasteiger partial charge in [0.25, 0.3) is 5.91 Å². The number of carbonyl (C=O) groups excluding carboxylic acids is 2. The number of benzene rings is 2. The molecule has 24 heavy (non-hydrogen) atoms. The fraction of sp³-hybridized carbons (Fsp3) is 0.222. The highest BCUT2D eigenvalue weighted by Gasteiger charge is 2.26. The number of rotatable bonds is 3. The molecule has 0 saturated heterocycles. The van der Waals surface area contributed by atoms with E-state index in [4.69, 9.17) is 16.3 Å². The highest BCUT2D eigenvalue weighted by Crippen LogP contribution is 2.27. The second-order valence-corrected chi connectivity index (χ2v) is 5.83. The van der Waals surface area contributed by atoms with Crippen molar-refractivity contribution in [2.75, 3.05) is 18.1 Å². The van der Waals surface area contributed by atoms with Gasteiger partial charge >= 0.3 is 5.97 Å². The van der Waals surface area contributed by atoms with Crippen molar-refractivity contribution in [3.05, 3.63) is 63.9 Å². The van der Waals surface area contributed by atoms with Gasteiger partial charge in [0.15, 0.2) is 0 Å². The van der Waals surface area contributed by atoms with Gasteiger partial charge in [-0.1, -0.05) is 11.6 Å². The Labute approximate surface area is 143 Å². The maximum absolute atomic E-state index is 14.2. The van der Waals surface area contributed by atoms with E-state index in [-0.39, 0.29) is 18.1 Å². The Morgan fingerprint density at radius 1 is 1.29 bits per heavy atom. The van der Waals surface area contributed by atoms with Gasteiger partial charge < -0.3 is 9.64 Å². The van der Waals surface area contributed by atoms with Crippen LogP contribution in [0.15, 0.2) is 36.4 Å². The highest BCUT2D eigenvalue weighted by atomic mass is 35.5. The SMILES string of the molecule is CCOC(=O)c1ccc(N2CCc3cc(Cl)ccc3C2=O)cc1F. The van der Waals surface area contributed by atoms with Crippen molar-refractivity contribution in [2.24, 2.45) is 0 Å². The average Bonchev–Trinajstić information content (AvgIpc) is 2.55. The van der Waals surface area contributed by atoms with Crippen molar-refractivity contribution in [2.45, 2.75) is 13.3 Å². The summed E-state index contributed by atoms with van der Waals surface area (Å²) in [5, 5.41) is 0.583. The highest BCUT2D eigenvalue weighted by molar-refractivity contribution is 6.30. The third-order valence-electron chi connectivity index (χ3n) is 3.91. The number of ether oxygens (including phenoxy) is 1. The topological polar surface area (TPSA) is 46.6 Å². The molecule has 0 atom stereocenters. The third-order valence-corrected chi connectivity index (χ3v) is 4.14. The second kappa shape index (κ2) is 6.61. The lowest BCUT2D eigenvalue weighted by atomic mass is 9.98. The number of carbonyl (C=O) groups is 2. The number of hydrogen-bond acceptors (Lipinski definition) is 3. The van der Waals surface area contributed by atoms with E-state index in [0.717, 1.165) is 5.56 Å². The molecule has 0 fully saturated rings. The van der Waals surface area contributed by atoms with Crippen molar-refractivity contribution in [3.63, 3.8) is 0 Å². The summed E-state index contributed by atoms with van der Waals surface area (Å²) in [6.45, 7) is 2.24. The molecule has 1 aliphatic heterocycles. The van der Waals surface area contributed by atoms with Gasteiger partial charge in [0.2, 0.25) is 0 Å². The summed E-state index contributed by atoms with van der Waals surface area (Å²) in [7, 11) is 0. The summed E-state index contributed by atoms with van der Waals surface area (Å²) >= 11 is 5.95. The average molecular weight is 348 g/mol. The van der Waals surface area contributed by atoms with Crippen molar-refractivity contribution < 1.29 is 18.7 Å². The smallest absolute Gasteiger partial charge is 0.341 e. The number of anilines is 1. The molecule has 1 heterocycles. The molecule has 1 amide bonds. The molecule has 0 saturated carbocycles. The largest absolute Gasteiger partial charge is 0.462 e. The maximum atomic E-state index is 14.2. The Bertz CT molecular complexity index is 822. The zero-order valence-corrected chi connectivity index (χ0v) is 13.8. The number of amides is 1. The van der Waals surface area contributed by atoms with E-state index in [1.54, 1.807) is 31.2 Å². The molecule has 0 aliphatic carbocycles. The predicted molar refractivity (Wildman–Crippen MR) is 89.2 cm³/mol. The van der Waals surface area contributed by atoms with Crippen LogP contribution in [-0.2, 0) is 11.2 Å². The molecule has 124 valence electrons. The van der Waals surface area contributed by atoms with Crippen molar-refractivity contribution in [1.29, 1.82) is 0 Å². The summed E-state index contributed by atoms with van der Waals surface area (Å²) in [5.41, 5.74) is 1.70. The van der Waals surface area contributed by atoms with Gasteiger partial charge in [0, 0.05) is 22.8 Å². The number of esters is 1. The molecule has 1 aliphatic rings. The summed E-state index contributed by atoms with van der Waals surface area (Å²) in [4.78, 5) is 25.8. The fourth-order valence-corrected chi connectivity index (χ4v) is 2.94. The van der Waals surface area contributed by atoms with Gasteiger partial charge in [-0.05, 0) is 55.3 Å². The molecule has 0 aromatic heterocycles. The van der Waals surface area contributed by atoms with E-state index < -0.39 is 11.8 Å². The summed E-state index contributed by atoms with van der Waals surface area (Å²) < 4.78 is 19.0. The summed E-state index contributed by atoms with van der Waals surface area (Å²) in [6, 6.07) is 9.19. The van der Waals surface area contributed by atoms with E-state index in [0.29, 0.717) is 29.2 Å². The molecule has 0 spiro atoms. The van der Waals surface area contributed by atoms with Crippen LogP contribution in [0.25, 0.3) is 0 Å². The first-order valence-corrected chi connectivity index (χ1v) is 7.96. The van der Waals surface area contributed by atoms with Crippen LogP contribution in [0.5, 0.6) is 0 Å². The van der Waals surface area contributed by atoms with Crippen LogP contribution in [0.1, 0.15) is 33.2 Å². The third kappa shape index (κ3) is 2.99. The van der Waals surface area contributed by atoms with E-state index in [1.165, 1.54) is 17.0 Å². The molecule has 0 bridgehead atoms. The van der Waals surface area contributed by atoms with Crippen molar-refractivity contribution >= 4 is 29.2 Å². The fourth-order valence-electron chi connectivity index (χ4n) is 2.75. The molecule has 2 aromatic rings. The van der Waals surface area contributed by atoms with Crippen molar-refractivity contribution in [3.8, 4) is 0 Å². The predicted octanol–water partition coefficient (Wildman–Crippen LogP) is 3.86. The molecule has 0 radical (unpaired) electrons. The molecule has 4 nitrogen and oxygen atoms in total. The molecule has 0 unspecified atom stereocenters. The van der Waals surface area contributed by atoms with Gasteiger partial charge in [-0.3, -0.25) is 4.79 Å². The standard InChI is InChI=1S/C18H15ClFNO3/c1-2-24-18(23)15-6-4-13(10-16(15)20)21-8-7-11-9-12(19)3-5-14(11)17(21)22/h3-6,9-10H,2,7-8H2,1H3. The van der Waals surface area contributed by atoms with Gasteiger partial charge in [0.1, 0.15) is 5.82 Å². The molecule has 2 aromatic carbocycles. The van der Waals surface area contributed by atoms with E-state index >= 15 is 0 Å². The van der Waals surface area contributed by atoms with E-state index in [1.807, 2.05) is 0 Å². The zero-order chi connectivity index (χ0) is 17.3. The summed E-state index contributed by atoms with van der Waals surface area (Å²) in [5.74, 6) is -1.64. The van der Waals surface area contributed by atoms with Gasteiger partial charge in [0.05, 0.1) is 12.2 Å². The van der Waals surface area contributed by atoms with Crippen LogP contribution in [0.4, 0.5) is 10.1 Å². The lowest BCUT2D eigenvalue weighted by Crippen LogP contribution is -2.37.